The minimum absolute atomic E-state index is 0.0821. The van der Waals surface area contributed by atoms with Gasteiger partial charge in [0.05, 0.1) is 6.04 Å². The van der Waals surface area contributed by atoms with Crippen LogP contribution in [0.5, 0.6) is 0 Å². The van der Waals surface area contributed by atoms with Gasteiger partial charge in [0.15, 0.2) is 0 Å². The summed E-state index contributed by atoms with van der Waals surface area (Å²) < 4.78 is 10.4. The zero-order chi connectivity index (χ0) is 24.7. The number of amides is 4. The third kappa shape index (κ3) is 4.95. The van der Waals surface area contributed by atoms with Crippen molar-refractivity contribution in [1.29, 1.82) is 0 Å². The number of benzene rings is 1. The molecule has 3 aliphatic rings. The van der Waals surface area contributed by atoms with Gasteiger partial charge in [0, 0.05) is 37.7 Å². The zero-order valence-electron chi connectivity index (χ0n) is 20.1. The summed E-state index contributed by atoms with van der Waals surface area (Å²) >= 11 is 0. The molecule has 3 atom stereocenters. The minimum Gasteiger partial charge on any atom is -0.447 e. The Kier molecular flexibility index (Phi) is 6.18. The second kappa shape index (κ2) is 8.81. The Bertz CT molecular complexity index is 988. The highest BCUT2D eigenvalue weighted by atomic mass is 16.6. The minimum atomic E-state index is -0.617. The summed E-state index contributed by atoms with van der Waals surface area (Å²) in [6, 6.07) is 7.53. The average molecular weight is 473 g/mol. The molecule has 0 aromatic heterocycles. The van der Waals surface area contributed by atoms with Crippen LogP contribution >= 0.6 is 0 Å². The molecule has 2 aliphatic heterocycles. The van der Waals surface area contributed by atoms with E-state index in [2.05, 4.69) is 10.6 Å². The van der Waals surface area contributed by atoms with Crippen molar-refractivity contribution < 1.29 is 28.7 Å². The van der Waals surface area contributed by atoms with Crippen molar-refractivity contribution in [3.05, 3.63) is 29.8 Å². The first-order valence-corrected chi connectivity index (χ1v) is 11.5. The number of ether oxygens (including phenoxy) is 2. The van der Waals surface area contributed by atoms with E-state index in [-0.39, 0.29) is 36.4 Å². The standard InChI is InChI=1S/C24H32N4O6/c1-15(29)25-10-19-13-33-22(32)28(19)18-7-5-16(6-8-18)24-9-17(24)12-27(14-24)20(30)11-26-21(31)34-23(2,3)4/h5-8,17,19H,9-14H2,1-4H3,(H,25,29)(H,26,31). The normalized spacial score (nSPS) is 25.5. The van der Waals surface area contributed by atoms with Crippen LogP contribution in [0.3, 0.4) is 0 Å². The molecule has 3 fully saturated rings. The third-order valence-corrected chi connectivity index (χ3v) is 6.55. The summed E-state index contributed by atoms with van der Waals surface area (Å²) in [6.45, 7) is 8.46. The van der Waals surface area contributed by atoms with Gasteiger partial charge in [-0.15, -0.1) is 0 Å². The van der Waals surface area contributed by atoms with Gasteiger partial charge in [-0.05, 0) is 50.8 Å². The average Bonchev–Trinajstić information content (AvgIpc) is 3.12. The SMILES string of the molecule is CC(=O)NCC1COC(=O)N1c1ccc(C23CC2CN(C(=O)CNC(=O)OC(C)(C)C)C3)cc1. The Morgan fingerprint density at radius 1 is 1.18 bits per heavy atom. The van der Waals surface area contributed by atoms with Crippen LogP contribution in [0.25, 0.3) is 0 Å². The quantitative estimate of drug-likeness (QED) is 0.652. The van der Waals surface area contributed by atoms with Crippen molar-refractivity contribution >= 4 is 29.7 Å². The lowest BCUT2D eigenvalue weighted by molar-refractivity contribution is -0.129. The summed E-state index contributed by atoms with van der Waals surface area (Å²) in [5.74, 6) is 0.0953. The van der Waals surface area contributed by atoms with Crippen LogP contribution in [0.4, 0.5) is 15.3 Å². The molecule has 0 radical (unpaired) electrons. The molecular formula is C24H32N4O6. The summed E-state index contributed by atoms with van der Waals surface area (Å²) in [4.78, 5) is 51.3. The first kappa shape index (κ1) is 23.8. The molecule has 3 unspecified atom stereocenters. The highest BCUT2D eigenvalue weighted by Crippen LogP contribution is 2.59. The molecule has 184 valence electrons. The molecule has 1 saturated carbocycles. The van der Waals surface area contributed by atoms with E-state index < -0.39 is 17.8 Å². The van der Waals surface area contributed by atoms with Gasteiger partial charge in [0.25, 0.3) is 0 Å². The number of carbonyl (C=O) groups excluding carboxylic acids is 4. The van der Waals surface area contributed by atoms with Crippen molar-refractivity contribution in [1.82, 2.24) is 15.5 Å². The number of cyclic esters (lactones) is 1. The first-order chi connectivity index (χ1) is 16.0. The predicted octanol–water partition coefficient (Wildman–Crippen LogP) is 1.77. The number of piperidine rings is 1. The van der Waals surface area contributed by atoms with Crippen molar-refractivity contribution in [3.63, 3.8) is 0 Å². The predicted molar refractivity (Wildman–Crippen MR) is 123 cm³/mol. The fraction of sp³-hybridized carbons (Fsp3) is 0.583. The van der Waals surface area contributed by atoms with Crippen LogP contribution in [0.15, 0.2) is 24.3 Å². The molecule has 10 nitrogen and oxygen atoms in total. The Morgan fingerprint density at radius 3 is 2.53 bits per heavy atom. The molecule has 0 spiro atoms. The second-order valence-corrected chi connectivity index (χ2v) is 10.3. The number of rotatable bonds is 6. The van der Waals surface area contributed by atoms with E-state index >= 15 is 0 Å². The van der Waals surface area contributed by atoms with Gasteiger partial charge in [0.1, 0.15) is 18.8 Å². The molecule has 4 amide bonds. The highest BCUT2D eigenvalue weighted by molar-refractivity contribution is 5.90. The Balaban J connectivity index is 1.36. The van der Waals surface area contributed by atoms with Crippen LogP contribution in [0.1, 0.15) is 39.7 Å². The van der Waals surface area contributed by atoms with Gasteiger partial charge in [-0.2, -0.15) is 0 Å². The van der Waals surface area contributed by atoms with Gasteiger partial charge < -0.3 is 25.0 Å². The number of alkyl carbamates (subject to hydrolysis) is 1. The Labute approximate surface area is 198 Å². The second-order valence-electron chi connectivity index (χ2n) is 10.3. The van der Waals surface area contributed by atoms with E-state index in [0.717, 1.165) is 12.0 Å². The smallest absolute Gasteiger partial charge is 0.414 e. The lowest BCUT2D eigenvalue weighted by Gasteiger charge is -2.24. The van der Waals surface area contributed by atoms with Gasteiger partial charge in [0.2, 0.25) is 11.8 Å². The number of hydrogen-bond donors (Lipinski definition) is 2. The van der Waals surface area contributed by atoms with E-state index in [1.165, 1.54) is 6.92 Å². The topological polar surface area (TPSA) is 117 Å². The molecule has 2 heterocycles. The number of anilines is 1. The molecule has 4 rings (SSSR count). The first-order valence-electron chi connectivity index (χ1n) is 11.5. The van der Waals surface area contributed by atoms with E-state index in [1.807, 2.05) is 24.3 Å². The van der Waals surface area contributed by atoms with Crippen LogP contribution in [0.2, 0.25) is 0 Å². The van der Waals surface area contributed by atoms with Crippen LogP contribution < -0.4 is 15.5 Å². The van der Waals surface area contributed by atoms with Crippen molar-refractivity contribution in [2.75, 3.05) is 37.7 Å². The number of carbonyl (C=O) groups is 4. The molecule has 1 aliphatic carbocycles. The summed E-state index contributed by atoms with van der Waals surface area (Å²) in [5, 5.41) is 5.27. The van der Waals surface area contributed by atoms with Crippen LogP contribution in [-0.2, 0) is 24.5 Å². The lowest BCUT2D eigenvalue weighted by atomic mass is 9.94. The molecule has 10 heteroatoms. The maximum absolute atomic E-state index is 12.6. The molecule has 0 bridgehead atoms. The van der Waals surface area contributed by atoms with Gasteiger partial charge in [-0.25, -0.2) is 9.59 Å². The fourth-order valence-electron chi connectivity index (χ4n) is 4.84. The zero-order valence-corrected chi connectivity index (χ0v) is 20.1. The van der Waals surface area contributed by atoms with Gasteiger partial charge in [-0.3, -0.25) is 14.5 Å². The van der Waals surface area contributed by atoms with Crippen LogP contribution in [-0.4, -0.2) is 73.3 Å². The lowest BCUT2D eigenvalue weighted by Crippen LogP contribution is -2.42. The number of hydrogen-bond acceptors (Lipinski definition) is 6. The maximum Gasteiger partial charge on any atom is 0.414 e. The molecule has 34 heavy (non-hydrogen) atoms. The van der Waals surface area contributed by atoms with E-state index in [1.54, 1.807) is 30.6 Å². The summed E-state index contributed by atoms with van der Waals surface area (Å²) in [6.07, 6.45) is -0.0274. The summed E-state index contributed by atoms with van der Waals surface area (Å²) in [7, 11) is 0. The molecule has 1 aromatic carbocycles. The van der Waals surface area contributed by atoms with Gasteiger partial charge >= 0.3 is 12.2 Å². The van der Waals surface area contributed by atoms with Crippen molar-refractivity contribution in [2.45, 2.75) is 51.2 Å². The monoisotopic (exact) mass is 472 g/mol. The molecule has 2 N–H and O–H groups in total. The largest absolute Gasteiger partial charge is 0.447 e. The maximum atomic E-state index is 12.6. The molecule has 1 aromatic rings. The fourth-order valence-corrected chi connectivity index (χ4v) is 4.84. The number of nitrogens with one attached hydrogen (secondary N) is 2. The number of likely N-dealkylation sites (tertiary alicyclic amines) is 1. The van der Waals surface area contributed by atoms with E-state index in [4.69, 9.17) is 9.47 Å². The Morgan fingerprint density at radius 2 is 1.88 bits per heavy atom. The van der Waals surface area contributed by atoms with E-state index in [0.29, 0.717) is 31.2 Å². The van der Waals surface area contributed by atoms with Gasteiger partial charge in [-0.1, -0.05) is 12.1 Å². The number of nitrogens with zero attached hydrogens (tertiary/aromatic N) is 2. The third-order valence-electron chi connectivity index (χ3n) is 6.55. The van der Waals surface area contributed by atoms with Crippen molar-refractivity contribution in [2.24, 2.45) is 5.92 Å². The van der Waals surface area contributed by atoms with E-state index in [9.17, 15) is 19.2 Å². The Hall–Kier alpha value is -3.30. The molecular weight excluding hydrogens is 440 g/mol. The van der Waals surface area contributed by atoms with Crippen LogP contribution in [0, 0.1) is 5.92 Å². The van der Waals surface area contributed by atoms with Crippen molar-refractivity contribution in [3.8, 4) is 0 Å². The highest BCUT2D eigenvalue weighted by Gasteiger charge is 2.61. The number of fused-ring (bicyclic) bond motifs is 1. The molecule has 2 saturated heterocycles. The summed E-state index contributed by atoms with van der Waals surface area (Å²) in [5.41, 5.74) is 1.14.